The number of rotatable bonds is 0. The fourth-order valence-corrected chi connectivity index (χ4v) is 0.335. The van der Waals surface area contributed by atoms with Crippen LogP contribution in [0.15, 0.2) is 18.7 Å². The maximum Gasteiger partial charge on any atom is 0.322 e. The molecule has 0 fully saturated rings. The van der Waals surface area contributed by atoms with Crippen molar-refractivity contribution in [3.8, 4) is 0 Å². The van der Waals surface area contributed by atoms with Crippen molar-refractivity contribution in [1.29, 1.82) is 0 Å². The molecule has 11 heteroatoms. The Morgan fingerprint density at radius 2 is 1.43 bits per heavy atom. The Bertz CT molecular complexity index is 287. The second-order valence-corrected chi connectivity index (χ2v) is 4.05. The standard InChI is InChI=1S/C3H5N2O2.F6P/c6-4-1-2-5(7)3-4;1-7(2,3,4,5)6/h1-3,6-7H;/q+1;-1. The number of nitrogens with zero attached hydrogens (tertiary/aromatic N) is 2. The van der Waals surface area contributed by atoms with E-state index in [2.05, 4.69) is 0 Å². The number of hydrogen-bond acceptors (Lipinski definition) is 2. The molecule has 0 aliphatic carbocycles. The Kier molecular flexibility index (Phi) is 2.43. The van der Waals surface area contributed by atoms with E-state index in [0.717, 1.165) is 15.8 Å². The number of halogens is 6. The van der Waals surface area contributed by atoms with E-state index in [1.165, 1.54) is 12.4 Å². The molecule has 0 radical (unpaired) electrons. The van der Waals surface area contributed by atoms with Crippen molar-refractivity contribution >= 4 is 7.81 Å². The summed E-state index contributed by atoms with van der Waals surface area (Å²) in [4.78, 5) is 0. The molecule has 0 saturated carbocycles. The van der Waals surface area contributed by atoms with E-state index in [0.29, 0.717) is 0 Å². The molecular weight excluding hydrogens is 241 g/mol. The van der Waals surface area contributed by atoms with Gasteiger partial charge in [0.2, 0.25) is 0 Å². The molecule has 0 bridgehead atoms. The van der Waals surface area contributed by atoms with Crippen molar-refractivity contribution in [3.05, 3.63) is 18.7 Å². The molecule has 0 unspecified atom stereocenters. The van der Waals surface area contributed by atoms with Gasteiger partial charge >= 0.3 is 39.3 Å². The molecule has 1 aromatic rings. The third-order valence-corrected chi connectivity index (χ3v) is 0.609. The molecule has 14 heavy (non-hydrogen) atoms. The molecule has 1 rings (SSSR count). The topological polar surface area (TPSA) is 49.3 Å². The molecule has 86 valence electrons. The van der Waals surface area contributed by atoms with Gasteiger partial charge in [0, 0.05) is 0 Å². The zero-order valence-electron chi connectivity index (χ0n) is 6.24. The first-order valence-electron chi connectivity index (χ1n) is 2.78. The normalized spacial score (nSPS) is 16.1. The maximum atomic E-state index is 9.87. The Morgan fingerprint density at radius 3 is 1.50 bits per heavy atom. The fourth-order valence-electron chi connectivity index (χ4n) is 0.335. The molecule has 0 aromatic carbocycles. The predicted molar refractivity (Wildman–Crippen MR) is 32.6 cm³/mol. The van der Waals surface area contributed by atoms with Gasteiger partial charge in [-0.2, -0.15) is 0 Å². The minimum atomic E-state index is -10.7. The van der Waals surface area contributed by atoms with Crippen molar-refractivity contribution < 1.29 is 40.3 Å². The molecule has 0 atom stereocenters. The van der Waals surface area contributed by atoms with E-state index >= 15 is 0 Å². The van der Waals surface area contributed by atoms with E-state index in [9.17, 15) is 25.2 Å². The largest absolute Gasteiger partial charge is 0.350 e. The van der Waals surface area contributed by atoms with Crippen LogP contribution in [0.4, 0.5) is 25.2 Å². The monoisotopic (exact) mass is 246 g/mol. The van der Waals surface area contributed by atoms with Gasteiger partial charge in [-0.25, -0.2) is 0 Å². The van der Waals surface area contributed by atoms with Crippen LogP contribution in [0, 0.1) is 0 Å². The van der Waals surface area contributed by atoms with Gasteiger partial charge in [0.05, 0.1) is 0 Å². The fraction of sp³-hybridized carbons (Fsp3) is 0. The van der Waals surface area contributed by atoms with Crippen LogP contribution in [-0.2, 0) is 0 Å². The number of imidazole rings is 1. The van der Waals surface area contributed by atoms with Crippen LogP contribution in [0.25, 0.3) is 0 Å². The Morgan fingerprint density at radius 1 is 1.07 bits per heavy atom. The Labute approximate surface area is 72.8 Å². The second kappa shape index (κ2) is 2.66. The van der Waals surface area contributed by atoms with Gasteiger partial charge in [-0.15, -0.1) is 0 Å². The third-order valence-electron chi connectivity index (χ3n) is 0.609. The molecule has 0 saturated heterocycles. The summed E-state index contributed by atoms with van der Waals surface area (Å²) in [6.07, 6.45) is 3.72. The van der Waals surface area contributed by atoms with Gasteiger partial charge in [-0.1, -0.05) is 9.46 Å². The van der Waals surface area contributed by atoms with Crippen LogP contribution < -0.4 is 4.73 Å². The molecule has 4 nitrogen and oxygen atoms in total. The average molecular weight is 246 g/mol. The SMILES string of the molecule is F[P-](F)(F)(F)(F)F.On1cc[n+](O)c1. The van der Waals surface area contributed by atoms with Crippen molar-refractivity contribution in [2.75, 3.05) is 0 Å². The molecule has 0 aliphatic heterocycles. The van der Waals surface area contributed by atoms with Crippen LogP contribution in [0.5, 0.6) is 0 Å². The van der Waals surface area contributed by atoms with Crippen LogP contribution in [0.2, 0.25) is 0 Å². The Hall–Kier alpha value is -1.18. The summed E-state index contributed by atoms with van der Waals surface area (Å²) in [6, 6.07) is 0. The zero-order chi connectivity index (χ0) is 11.7. The molecule has 2 N–H and O–H groups in total. The van der Waals surface area contributed by atoms with Crippen LogP contribution in [0.1, 0.15) is 0 Å². The van der Waals surface area contributed by atoms with Crippen molar-refractivity contribution in [2.45, 2.75) is 0 Å². The summed E-state index contributed by atoms with van der Waals surface area (Å²) < 4.78 is 60.7. The van der Waals surface area contributed by atoms with E-state index in [-0.39, 0.29) is 0 Å². The minimum absolute atomic E-state index is 0.750. The van der Waals surface area contributed by atoms with Crippen molar-refractivity contribution in [3.63, 3.8) is 0 Å². The van der Waals surface area contributed by atoms with Crippen LogP contribution in [-0.4, -0.2) is 15.1 Å². The van der Waals surface area contributed by atoms with E-state index in [4.69, 9.17) is 10.4 Å². The van der Waals surface area contributed by atoms with Gasteiger partial charge in [-0.05, 0) is 0 Å². The second-order valence-electron chi connectivity index (χ2n) is 2.13. The van der Waals surface area contributed by atoms with E-state index in [1.54, 1.807) is 0 Å². The van der Waals surface area contributed by atoms with Crippen LogP contribution >= 0.6 is 7.81 Å². The summed E-state index contributed by atoms with van der Waals surface area (Å²) in [5.41, 5.74) is 0. The summed E-state index contributed by atoms with van der Waals surface area (Å²) in [5, 5.41) is 16.8. The van der Waals surface area contributed by atoms with E-state index < -0.39 is 7.81 Å². The number of aromatic nitrogens is 2. The quantitative estimate of drug-likeness (QED) is 0.320. The average Bonchev–Trinajstić information content (AvgIpc) is 2.04. The zero-order valence-corrected chi connectivity index (χ0v) is 7.13. The first-order chi connectivity index (χ1) is 5.74. The summed E-state index contributed by atoms with van der Waals surface area (Å²) in [6.45, 7) is 0. The molecule has 1 aromatic heterocycles. The summed E-state index contributed by atoms with van der Waals surface area (Å²) in [5.74, 6) is 0. The summed E-state index contributed by atoms with van der Waals surface area (Å²) >= 11 is 0. The molecule has 0 aliphatic rings. The third kappa shape index (κ3) is 17.1. The molecular formula is C3H5F6N2O2P. The van der Waals surface area contributed by atoms with Gasteiger partial charge in [0.25, 0.3) is 0 Å². The first-order valence-corrected chi connectivity index (χ1v) is 4.81. The maximum absolute atomic E-state index is 10.7. The molecule has 1 heterocycles. The first kappa shape index (κ1) is 12.8. The van der Waals surface area contributed by atoms with Gasteiger partial charge in [-0.3, -0.25) is 0 Å². The molecule has 0 amide bonds. The minimum Gasteiger partial charge on any atom is -0.350 e. The van der Waals surface area contributed by atoms with Gasteiger partial charge < -0.3 is 10.4 Å². The summed E-state index contributed by atoms with van der Waals surface area (Å²) in [7, 11) is -10.7. The van der Waals surface area contributed by atoms with Gasteiger partial charge in [0.15, 0.2) is 12.4 Å². The van der Waals surface area contributed by atoms with E-state index in [1.807, 2.05) is 0 Å². The molecule has 0 spiro atoms. The number of hydrogen-bond donors (Lipinski definition) is 2. The predicted octanol–water partition coefficient (Wildman–Crippen LogP) is 2.63. The Balaban J connectivity index is 0.000000241. The van der Waals surface area contributed by atoms with Crippen molar-refractivity contribution in [1.82, 2.24) is 4.73 Å². The van der Waals surface area contributed by atoms with Gasteiger partial charge in [0.1, 0.15) is 0 Å². The smallest absolute Gasteiger partial charge is 0.322 e. The van der Waals surface area contributed by atoms with Crippen molar-refractivity contribution in [2.24, 2.45) is 0 Å². The van der Waals surface area contributed by atoms with Crippen LogP contribution in [0.3, 0.4) is 0 Å².